The van der Waals surface area contributed by atoms with Gasteiger partial charge in [-0.3, -0.25) is 4.79 Å². The molecule has 0 saturated heterocycles. The lowest BCUT2D eigenvalue weighted by Gasteiger charge is -2.32. The minimum Gasteiger partial charge on any atom is -0.364 e. The Labute approximate surface area is 178 Å². The van der Waals surface area contributed by atoms with E-state index in [1.54, 1.807) is 0 Å². The molecule has 1 aromatic heterocycles. The van der Waals surface area contributed by atoms with Crippen LogP contribution in [0.15, 0.2) is 54.6 Å². The summed E-state index contributed by atoms with van der Waals surface area (Å²) in [5.41, 5.74) is 3.74. The number of amides is 1. The molecule has 5 heteroatoms. The molecule has 3 rings (SSSR count). The zero-order chi connectivity index (χ0) is 21.2. The number of aromatic nitrogens is 1. The van der Waals surface area contributed by atoms with Gasteiger partial charge in [0.1, 0.15) is 0 Å². The van der Waals surface area contributed by atoms with Crippen LogP contribution in [0.25, 0.3) is 17.0 Å². The van der Waals surface area contributed by atoms with Crippen LogP contribution < -0.4 is 5.32 Å². The zero-order valence-electron chi connectivity index (χ0n) is 17.7. The molecule has 0 spiro atoms. The van der Waals surface area contributed by atoms with Gasteiger partial charge in [-0.05, 0) is 65.0 Å². The summed E-state index contributed by atoms with van der Waals surface area (Å²) in [6.45, 7) is 11.1. The van der Waals surface area contributed by atoms with Crippen molar-refractivity contribution < 1.29 is 4.79 Å². The summed E-state index contributed by atoms with van der Waals surface area (Å²) in [4.78, 5) is 20.1. The first-order valence-corrected chi connectivity index (χ1v) is 10.3. The van der Waals surface area contributed by atoms with Gasteiger partial charge in [0.05, 0.1) is 17.1 Å². The van der Waals surface area contributed by atoms with Crippen LogP contribution in [0, 0.1) is 0 Å². The third-order valence-electron chi connectivity index (χ3n) is 4.60. The Balaban J connectivity index is 2.12. The van der Waals surface area contributed by atoms with Crippen LogP contribution in [-0.4, -0.2) is 33.9 Å². The van der Waals surface area contributed by atoms with Crippen LogP contribution in [0.3, 0.4) is 0 Å². The van der Waals surface area contributed by atoms with E-state index in [1.165, 1.54) is 0 Å². The molecule has 1 aliphatic rings. The number of pyridine rings is 1. The molecule has 1 amide bonds. The molecule has 0 saturated carbocycles. The second-order valence-electron chi connectivity index (χ2n) is 8.56. The highest BCUT2D eigenvalue weighted by molar-refractivity contribution is 6.30. The lowest BCUT2D eigenvalue weighted by molar-refractivity contribution is 0.0919. The molecular formula is C24H28ClN3O. The highest BCUT2D eigenvalue weighted by atomic mass is 35.5. The Hall–Kier alpha value is -2.59. The minimum absolute atomic E-state index is 0.112. The quantitative estimate of drug-likeness (QED) is 0.719. The number of hydrogen-bond acceptors (Lipinski definition) is 3. The van der Waals surface area contributed by atoms with Crippen LogP contribution in [0.4, 0.5) is 0 Å². The fraction of sp³-hybridized carbons (Fsp3) is 0.333. The fourth-order valence-electron chi connectivity index (χ4n) is 3.22. The summed E-state index contributed by atoms with van der Waals surface area (Å²) in [6, 6.07) is 11.6. The van der Waals surface area contributed by atoms with E-state index in [4.69, 9.17) is 16.6 Å². The normalized spacial score (nSPS) is 14.2. The van der Waals surface area contributed by atoms with E-state index in [0.29, 0.717) is 16.6 Å². The number of benzene rings is 1. The van der Waals surface area contributed by atoms with E-state index in [1.807, 2.05) is 63.2 Å². The largest absolute Gasteiger partial charge is 0.364 e. The number of nitrogens with one attached hydrogen (secondary N) is 1. The summed E-state index contributed by atoms with van der Waals surface area (Å²) < 4.78 is 0. The van der Waals surface area contributed by atoms with Gasteiger partial charge in [0.25, 0.3) is 5.91 Å². The Bertz CT molecular complexity index is 953. The average Bonchev–Trinajstić information content (AvgIpc) is 2.67. The van der Waals surface area contributed by atoms with E-state index < -0.39 is 0 Å². The molecule has 29 heavy (non-hydrogen) atoms. The number of carbonyl (C=O) groups excluding carboxylic acids is 1. The van der Waals surface area contributed by atoms with Crippen molar-refractivity contribution in [2.24, 2.45) is 0 Å². The summed E-state index contributed by atoms with van der Waals surface area (Å²) in [6.07, 6.45) is 6.22. The zero-order valence-corrected chi connectivity index (χ0v) is 18.4. The van der Waals surface area contributed by atoms with Crippen molar-refractivity contribution in [3.8, 4) is 11.3 Å². The molecule has 0 fully saturated rings. The van der Waals surface area contributed by atoms with Crippen LogP contribution in [0.2, 0.25) is 5.02 Å². The monoisotopic (exact) mass is 409 g/mol. The number of hydrogen-bond donors (Lipinski definition) is 1. The van der Waals surface area contributed by atoms with Gasteiger partial charge in [-0.1, -0.05) is 35.9 Å². The predicted molar refractivity (Wildman–Crippen MR) is 121 cm³/mol. The second-order valence-corrected chi connectivity index (χ2v) is 9.00. The maximum absolute atomic E-state index is 12.9. The fourth-order valence-corrected chi connectivity index (χ4v) is 3.35. The first-order valence-electron chi connectivity index (χ1n) is 9.88. The second kappa shape index (κ2) is 8.42. The summed E-state index contributed by atoms with van der Waals surface area (Å²) in [5, 5.41) is 3.72. The van der Waals surface area contributed by atoms with E-state index in [2.05, 4.69) is 36.2 Å². The van der Waals surface area contributed by atoms with Gasteiger partial charge in [0.15, 0.2) is 0 Å². The van der Waals surface area contributed by atoms with Crippen LogP contribution >= 0.6 is 11.6 Å². The maximum atomic E-state index is 12.9. The molecule has 0 unspecified atom stereocenters. The highest BCUT2D eigenvalue weighted by Crippen LogP contribution is 2.28. The Morgan fingerprint density at radius 1 is 1.14 bits per heavy atom. The van der Waals surface area contributed by atoms with Gasteiger partial charge in [0.2, 0.25) is 0 Å². The number of halogens is 1. The van der Waals surface area contributed by atoms with Crippen LogP contribution in [0.1, 0.15) is 50.7 Å². The molecule has 4 nitrogen and oxygen atoms in total. The van der Waals surface area contributed by atoms with Gasteiger partial charge in [-0.25, -0.2) is 4.98 Å². The maximum Gasteiger partial charge on any atom is 0.251 e. The molecule has 0 aliphatic carbocycles. The molecule has 1 aromatic carbocycles. The van der Waals surface area contributed by atoms with Crippen molar-refractivity contribution >= 4 is 23.2 Å². The van der Waals surface area contributed by atoms with E-state index >= 15 is 0 Å². The summed E-state index contributed by atoms with van der Waals surface area (Å²) in [5.74, 6) is -0.112. The summed E-state index contributed by atoms with van der Waals surface area (Å²) in [7, 11) is 0. The van der Waals surface area contributed by atoms with Crippen molar-refractivity contribution in [1.82, 2.24) is 15.2 Å². The van der Waals surface area contributed by atoms with Gasteiger partial charge < -0.3 is 10.2 Å². The van der Waals surface area contributed by atoms with E-state index in [-0.39, 0.29) is 11.4 Å². The predicted octanol–water partition coefficient (Wildman–Crippen LogP) is 5.55. The van der Waals surface area contributed by atoms with Crippen molar-refractivity contribution in [2.45, 2.75) is 46.2 Å². The first-order chi connectivity index (χ1) is 13.6. The first kappa shape index (κ1) is 21.1. The number of carbonyl (C=O) groups is 1. The molecule has 0 bridgehead atoms. The molecule has 1 aliphatic heterocycles. The SMILES string of the molecule is CC(C)N1CC=CC=C1c1cc(C(=O)NC(C)(C)C)cc(-c2ccc(Cl)cc2)n1. The van der Waals surface area contributed by atoms with Gasteiger partial charge >= 0.3 is 0 Å². The standard InChI is InChI=1S/C24H28ClN3O/c1-16(2)28-13-7-6-8-22(28)21-15-18(23(29)27-24(3,4)5)14-20(26-21)17-9-11-19(25)12-10-17/h6-12,14-16H,13H2,1-5H3,(H,27,29). The van der Waals surface area contributed by atoms with Crippen molar-refractivity contribution in [1.29, 1.82) is 0 Å². The van der Waals surface area contributed by atoms with Gasteiger partial charge in [-0.2, -0.15) is 0 Å². The lowest BCUT2D eigenvalue weighted by Crippen LogP contribution is -2.40. The van der Waals surface area contributed by atoms with Gasteiger partial charge in [0, 0.05) is 34.3 Å². The molecule has 2 heterocycles. The Kier molecular flexibility index (Phi) is 6.13. The Morgan fingerprint density at radius 2 is 1.79 bits per heavy atom. The number of rotatable bonds is 4. The lowest BCUT2D eigenvalue weighted by atomic mass is 10.0. The van der Waals surface area contributed by atoms with Crippen LogP contribution in [-0.2, 0) is 0 Å². The topological polar surface area (TPSA) is 45.2 Å². The van der Waals surface area contributed by atoms with Crippen LogP contribution in [0.5, 0.6) is 0 Å². The molecule has 2 aromatic rings. The van der Waals surface area contributed by atoms with E-state index in [0.717, 1.165) is 29.2 Å². The third-order valence-corrected chi connectivity index (χ3v) is 4.86. The molecule has 0 atom stereocenters. The number of nitrogens with zero attached hydrogens (tertiary/aromatic N) is 2. The molecular weight excluding hydrogens is 382 g/mol. The smallest absolute Gasteiger partial charge is 0.251 e. The van der Waals surface area contributed by atoms with Crippen molar-refractivity contribution in [3.63, 3.8) is 0 Å². The minimum atomic E-state index is -0.322. The molecule has 0 radical (unpaired) electrons. The Morgan fingerprint density at radius 3 is 2.41 bits per heavy atom. The average molecular weight is 410 g/mol. The van der Waals surface area contributed by atoms with Crippen molar-refractivity contribution in [3.05, 3.63) is 70.9 Å². The third kappa shape index (κ3) is 5.27. The summed E-state index contributed by atoms with van der Waals surface area (Å²) >= 11 is 6.05. The molecule has 1 N–H and O–H groups in total. The molecule has 152 valence electrons. The highest BCUT2D eigenvalue weighted by Gasteiger charge is 2.21. The van der Waals surface area contributed by atoms with E-state index in [9.17, 15) is 4.79 Å². The number of allylic oxidation sites excluding steroid dienone is 2. The van der Waals surface area contributed by atoms with Crippen molar-refractivity contribution in [2.75, 3.05) is 6.54 Å². The van der Waals surface area contributed by atoms with Gasteiger partial charge in [-0.15, -0.1) is 0 Å².